The van der Waals surface area contributed by atoms with Crippen LogP contribution in [0.25, 0.3) is 0 Å². The lowest BCUT2D eigenvalue weighted by atomic mass is 10.0. The molecule has 0 radical (unpaired) electrons. The van der Waals surface area contributed by atoms with Crippen LogP contribution in [0.5, 0.6) is 5.88 Å². The number of ether oxygens (including phenoxy) is 1. The lowest BCUT2D eigenvalue weighted by molar-refractivity contribution is 0.198. The molecule has 5 nitrogen and oxygen atoms in total. The number of anilines is 1. The molecule has 3 rings (SSSR count). The van der Waals surface area contributed by atoms with Crippen LogP contribution >= 0.6 is 15.9 Å². The topological polar surface area (TPSA) is 41.5 Å². The average molecular weight is 391 g/mol. The summed E-state index contributed by atoms with van der Waals surface area (Å²) in [5.41, 5.74) is 1.34. The summed E-state index contributed by atoms with van der Waals surface area (Å²) < 4.78 is 6.39. The number of rotatable bonds is 5. The molecule has 0 saturated carbocycles. The third-order valence-corrected chi connectivity index (χ3v) is 5.35. The summed E-state index contributed by atoms with van der Waals surface area (Å²) in [7, 11) is 3.74. The Morgan fingerprint density at radius 1 is 1.33 bits per heavy atom. The number of likely N-dealkylation sites (N-methyl/N-ethyl adjacent to an activating group) is 1. The third-order valence-electron chi connectivity index (χ3n) is 4.58. The molecule has 0 aliphatic carbocycles. The zero-order valence-corrected chi connectivity index (χ0v) is 15.7. The fraction of sp³-hybridized carbons (Fsp3) is 0.444. The van der Waals surface area contributed by atoms with E-state index in [1.165, 1.54) is 22.9 Å². The van der Waals surface area contributed by atoms with Gasteiger partial charge in [-0.25, -0.2) is 9.97 Å². The molecule has 1 fully saturated rings. The van der Waals surface area contributed by atoms with E-state index in [4.69, 9.17) is 4.74 Å². The van der Waals surface area contributed by atoms with Gasteiger partial charge >= 0.3 is 0 Å². The van der Waals surface area contributed by atoms with Crippen LogP contribution in [0.2, 0.25) is 0 Å². The van der Waals surface area contributed by atoms with Gasteiger partial charge in [0.05, 0.1) is 7.11 Å². The maximum atomic E-state index is 5.21. The lowest BCUT2D eigenvalue weighted by Gasteiger charge is -2.38. The second kappa shape index (κ2) is 7.94. The Hall–Kier alpha value is -1.66. The minimum Gasteiger partial charge on any atom is -0.481 e. The third kappa shape index (κ3) is 4.05. The van der Waals surface area contributed by atoms with Gasteiger partial charge in [-0.3, -0.25) is 4.90 Å². The maximum Gasteiger partial charge on any atom is 0.218 e. The number of nitrogens with zero attached hydrogens (tertiary/aromatic N) is 4. The second-order valence-corrected chi connectivity index (χ2v) is 7.01. The van der Waals surface area contributed by atoms with Crippen molar-refractivity contribution in [2.75, 3.05) is 32.1 Å². The molecule has 24 heavy (non-hydrogen) atoms. The quantitative estimate of drug-likeness (QED) is 0.782. The predicted octanol–water partition coefficient (Wildman–Crippen LogP) is 3.35. The monoisotopic (exact) mass is 390 g/mol. The first-order valence-corrected chi connectivity index (χ1v) is 9.01. The summed E-state index contributed by atoms with van der Waals surface area (Å²) in [5.74, 6) is 1.52. The first-order chi connectivity index (χ1) is 11.7. The molecular weight excluding hydrogens is 368 g/mol. The van der Waals surface area contributed by atoms with Crippen molar-refractivity contribution in [2.45, 2.75) is 25.4 Å². The smallest absolute Gasteiger partial charge is 0.218 e. The summed E-state index contributed by atoms with van der Waals surface area (Å²) >= 11 is 3.65. The van der Waals surface area contributed by atoms with Crippen LogP contribution in [-0.2, 0) is 6.54 Å². The molecule has 0 spiro atoms. The number of benzene rings is 1. The van der Waals surface area contributed by atoms with Gasteiger partial charge in [0.2, 0.25) is 5.88 Å². The van der Waals surface area contributed by atoms with Crippen LogP contribution in [0, 0.1) is 0 Å². The Balaban J connectivity index is 1.67. The Morgan fingerprint density at radius 2 is 2.17 bits per heavy atom. The number of methoxy groups -OCH3 is 1. The number of hydrogen-bond donors (Lipinski definition) is 0. The van der Waals surface area contributed by atoms with Gasteiger partial charge in [-0.05, 0) is 31.0 Å². The Labute approximate surface area is 151 Å². The van der Waals surface area contributed by atoms with Gasteiger partial charge < -0.3 is 9.64 Å². The average Bonchev–Trinajstić information content (AvgIpc) is 2.63. The summed E-state index contributed by atoms with van der Waals surface area (Å²) in [5, 5.41) is 0. The van der Waals surface area contributed by atoms with Gasteiger partial charge in [0.25, 0.3) is 0 Å². The Bertz CT molecular complexity index is 682. The van der Waals surface area contributed by atoms with Crippen molar-refractivity contribution < 1.29 is 4.74 Å². The molecule has 6 heteroatoms. The van der Waals surface area contributed by atoms with Crippen LogP contribution in [0.15, 0.2) is 41.1 Å². The van der Waals surface area contributed by atoms with Gasteiger partial charge in [-0.15, -0.1) is 0 Å². The van der Waals surface area contributed by atoms with Gasteiger partial charge in [0.15, 0.2) is 0 Å². The number of aromatic nitrogens is 2. The van der Waals surface area contributed by atoms with E-state index >= 15 is 0 Å². The van der Waals surface area contributed by atoms with E-state index in [0.29, 0.717) is 11.9 Å². The van der Waals surface area contributed by atoms with Crippen LogP contribution < -0.4 is 9.64 Å². The number of halogens is 1. The molecule has 0 bridgehead atoms. The van der Waals surface area contributed by atoms with Gasteiger partial charge in [-0.1, -0.05) is 34.1 Å². The van der Waals surface area contributed by atoms with Gasteiger partial charge in [0.1, 0.15) is 12.1 Å². The molecule has 1 atom stereocenters. The minimum atomic E-state index is 0.445. The molecule has 1 unspecified atom stereocenters. The van der Waals surface area contributed by atoms with Gasteiger partial charge in [0, 0.05) is 36.7 Å². The molecule has 0 amide bonds. The molecule has 1 aliphatic rings. The predicted molar refractivity (Wildman–Crippen MR) is 99.4 cm³/mol. The molecule has 0 N–H and O–H groups in total. The van der Waals surface area contributed by atoms with Crippen molar-refractivity contribution in [1.82, 2.24) is 14.9 Å². The fourth-order valence-electron chi connectivity index (χ4n) is 3.18. The van der Waals surface area contributed by atoms with Crippen molar-refractivity contribution in [3.05, 3.63) is 46.7 Å². The van der Waals surface area contributed by atoms with E-state index in [-0.39, 0.29) is 0 Å². The number of hydrogen-bond acceptors (Lipinski definition) is 5. The van der Waals surface area contributed by atoms with Crippen LogP contribution in [0.4, 0.5) is 5.82 Å². The van der Waals surface area contributed by atoms with E-state index in [0.717, 1.165) is 25.5 Å². The highest BCUT2D eigenvalue weighted by Gasteiger charge is 2.24. The largest absolute Gasteiger partial charge is 0.481 e. The molecule has 2 heterocycles. The van der Waals surface area contributed by atoms with E-state index in [1.807, 2.05) is 6.07 Å². The summed E-state index contributed by atoms with van der Waals surface area (Å²) in [6, 6.07) is 10.8. The highest BCUT2D eigenvalue weighted by molar-refractivity contribution is 9.10. The summed E-state index contributed by atoms with van der Waals surface area (Å²) in [6.07, 6.45) is 3.93. The first-order valence-electron chi connectivity index (χ1n) is 8.22. The Morgan fingerprint density at radius 3 is 2.96 bits per heavy atom. The van der Waals surface area contributed by atoms with E-state index in [9.17, 15) is 0 Å². The van der Waals surface area contributed by atoms with Crippen LogP contribution in [-0.4, -0.2) is 48.2 Å². The highest BCUT2D eigenvalue weighted by Crippen LogP contribution is 2.24. The van der Waals surface area contributed by atoms with Crippen molar-refractivity contribution in [1.29, 1.82) is 0 Å². The normalized spacial score (nSPS) is 18.4. The number of likely N-dealkylation sites (tertiary alicyclic amines) is 1. The van der Waals surface area contributed by atoms with Crippen molar-refractivity contribution in [2.24, 2.45) is 0 Å². The van der Waals surface area contributed by atoms with E-state index in [2.05, 4.69) is 67.0 Å². The Kier molecular flexibility index (Phi) is 5.68. The molecule has 1 aromatic carbocycles. The van der Waals surface area contributed by atoms with Crippen LogP contribution in [0.1, 0.15) is 18.4 Å². The highest BCUT2D eigenvalue weighted by atomic mass is 79.9. The maximum absolute atomic E-state index is 5.21. The fourth-order valence-corrected chi connectivity index (χ4v) is 3.59. The van der Waals surface area contributed by atoms with Crippen molar-refractivity contribution in [3.8, 4) is 5.88 Å². The molecule has 1 saturated heterocycles. The zero-order chi connectivity index (χ0) is 16.9. The molecule has 1 aliphatic heterocycles. The molecular formula is C18H23BrN4O. The van der Waals surface area contributed by atoms with Crippen LogP contribution in [0.3, 0.4) is 0 Å². The number of piperidine rings is 1. The summed E-state index contributed by atoms with van der Waals surface area (Å²) in [6.45, 7) is 3.14. The molecule has 128 valence electrons. The van der Waals surface area contributed by atoms with Gasteiger partial charge in [-0.2, -0.15) is 0 Å². The zero-order valence-electron chi connectivity index (χ0n) is 14.2. The van der Waals surface area contributed by atoms with E-state index in [1.54, 1.807) is 13.4 Å². The van der Waals surface area contributed by atoms with E-state index < -0.39 is 0 Å². The first kappa shape index (κ1) is 17.2. The van der Waals surface area contributed by atoms with Crippen molar-refractivity contribution >= 4 is 21.7 Å². The minimum absolute atomic E-state index is 0.445. The van der Waals surface area contributed by atoms with Crippen molar-refractivity contribution in [3.63, 3.8) is 0 Å². The second-order valence-electron chi connectivity index (χ2n) is 6.15. The molecule has 1 aromatic heterocycles. The molecule has 2 aromatic rings. The lowest BCUT2D eigenvalue weighted by Crippen LogP contribution is -2.46. The standard InChI is InChI=1S/C18H23BrN4O/c1-22(17-10-18(24-2)21-13-20-17)15-7-5-9-23(12-15)11-14-6-3-4-8-16(14)19/h3-4,6,8,10,13,15H,5,7,9,11-12H2,1-2H3. The summed E-state index contributed by atoms with van der Waals surface area (Å²) in [4.78, 5) is 13.2. The SMILES string of the molecule is COc1cc(N(C)C2CCCN(Cc3ccccc3Br)C2)ncn1.